The summed E-state index contributed by atoms with van der Waals surface area (Å²) in [4.78, 5) is 46.7. The topological polar surface area (TPSA) is 131 Å². The van der Waals surface area contributed by atoms with Gasteiger partial charge in [0.25, 0.3) is 0 Å². The molecular weight excluding hydrogens is 232 g/mol. The van der Waals surface area contributed by atoms with Crippen LogP contribution in [0.4, 0.5) is 0 Å². The van der Waals surface area contributed by atoms with Crippen LogP contribution >= 0.6 is 15.5 Å². The molecule has 0 aliphatic rings. The lowest BCUT2D eigenvalue weighted by Gasteiger charge is -2.07. The Labute approximate surface area is 81.9 Å². The Morgan fingerprint density at radius 1 is 1.36 bits per heavy atom. The minimum absolute atomic E-state index is 0.0420. The summed E-state index contributed by atoms with van der Waals surface area (Å²) in [5, 5.41) is -1.21. The summed E-state index contributed by atoms with van der Waals surface area (Å²) in [5.41, 5.74) is 0. The molecule has 0 aromatic carbocycles. The average molecular weight is 246 g/mol. The van der Waals surface area contributed by atoms with E-state index in [4.69, 9.17) is 24.5 Å². The van der Waals surface area contributed by atoms with Gasteiger partial charge in [-0.15, -0.1) is 0 Å². The van der Waals surface area contributed by atoms with Crippen LogP contribution in [0.3, 0.4) is 0 Å². The van der Waals surface area contributed by atoms with Gasteiger partial charge in [0.1, 0.15) is 0 Å². The molecule has 0 saturated heterocycles. The third kappa shape index (κ3) is 5.12. The van der Waals surface area contributed by atoms with Crippen LogP contribution in [-0.4, -0.2) is 36.2 Å². The van der Waals surface area contributed by atoms with Gasteiger partial charge in [0.2, 0.25) is 0 Å². The molecule has 0 heterocycles. The van der Waals surface area contributed by atoms with Crippen molar-refractivity contribution in [1.29, 1.82) is 0 Å². The van der Waals surface area contributed by atoms with Crippen molar-refractivity contribution < 1.29 is 29.0 Å². The zero-order chi connectivity index (χ0) is 11.4. The van der Waals surface area contributed by atoms with Crippen LogP contribution in [0.1, 0.15) is 19.8 Å². The second-order valence-corrected chi connectivity index (χ2v) is 6.07. The summed E-state index contributed by atoms with van der Waals surface area (Å²) in [6, 6.07) is 0. The molecule has 0 amide bonds. The maximum atomic E-state index is 10.7. The number of nitrogens with zero attached hydrogens (tertiary/aromatic N) is 1. The number of hydrogen-bond donors (Lipinski definition) is 5. The number of hydrogen-bond acceptors (Lipinski definition) is 5. The van der Waals surface area contributed by atoms with Crippen LogP contribution in [0.25, 0.3) is 0 Å². The Morgan fingerprint density at radius 2 is 1.86 bits per heavy atom. The third-order valence-corrected chi connectivity index (χ3v) is 4.22. The SMILES string of the molecule is CCCCN=C(P(=O)(O)O)[P+](O)(O)O. The van der Waals surface area contributed by atoms with Gasteiger partial charge < -0.3 is 9.79 Å². The molecule has 9 heteroatoms. The first-order chi connectivity index (χ1) is 6.19. The molecule has 0 fully saturated rings. The van der Waals surface area contributed by atoms with Crippen LogP contribution < -0.4 is 0 Å². The van der Waals surface area contributed by atoms with E-state index < -0.39 is 20.7 Å². The van der Waals surface area contributed by atoms with Crippen molar-refractivity contribution in [2.24, 2.45) is 4.99 Å². The van der Waals surface area contributed by atoms with Gasteiger partial charge in [0.05, 0.1) is 0 Å². The fourth-order valence-corrected chi connectivity index (χ4v) is 2.67. The van der Waals surface area contributed by atoms with Gasteiger partial charge in [-0.3, -0.25) is 0 Å². The standard InChI is InChI=1S/C5H13NO6P2/c1-2-3-4-6-5(13(7,8)9)14(10,11)12/h7-9H,2-4H2,1H3,(H-,10,11,12)/p+1. The molecule has 14 heavy (non-hydrogen) atoms. The van der Waals surface area contributed by atoms with Gasteiger partial charge >= 0.3 is 20.7 Å². The first-order valence-electron chi connectivity index (χ1n) is 3.88. The monoisotopic (exact) mass is 246 g/mol. The lowest BCUT2D eigenvalue weighted by molar-refractivity contribution is 0.348. The Kier molecular flexibility index (Phi) is 5.33. The summed E-state index contributed by atoms with van der Waals surface area (Å²) >= 11 is 0. The Balaban J connectivity index is 4.76. The van der Waals surface area contributed by atoms with Crippen LogP contribution in [0.15, 0.2) is 4.99 Å². The van der Waals surface area contributed by atoms with Gasteiger partial charge in [0, 0.05) is 6.54 Å². The smallest absolute Gasteiger partial charge is 0.317 e. The van der Waals surface area contributed by atoms with Crippen LogP contribution in [-0.2, 0) is 4.57 Å². The molecule has 0 atom stereocenters. The highest BCUT2D eigenvalue weighted by atomic mass is 31.3. The number of unbranched alkanes of at least 4 members (excludes halogenated alkanes) is 1. The first-order valence-corrected chi connectivity index (χ1v) is 7.14. The van der Waals surface area contributed by atoms with Crippen molar-refractivity contribution in [1.82, 2.24) is 0 Å². The van der Waals surface area contributed by atoms with Crippen molar-refractivity contribution in [3.63, 3.8) is 0 Å². The van der Waals surface area contributed by atoms with Crippen molar-refractivity contribution in [3.05, 3.63) is 0 Å². The summed E-state index contributed by atoms with van der Waals surface area (Å²) in [5.74, 6) is 0. The van der Waals surface area contributed by atoms with E-state index in [0.717, 1.165) is 6.42 Å². The second-order valence-electron chi connectivity index (χ2n) is 2.65. The molecule has 0 saturated carbocycles. The summed E-state index contributed by atoms with van der Waals surface area (Å²) < 4.78 is 10.7. The lowest BCUT2D eigenvalue weighted by Crippen LogP contribution is -2.07. The number of rotatable bonds is 5. The molecule has 0 aliphatic carbocycles. The van der Waals surface area contributed by atoms with E-state index in [0.29, 0.717) is 6.42 Å². The molecular formula is C5H14NO6P2+. The van der Waals surface area contributed by atoms with E-state index in [-0.39, 0.29) is 6.54 Å². The second kappa shape index (κ2) is 5.28. The highest BCUT2D eigenvalue weighted by Crippen LogP contribution is 2.60. The number of aliphatic imine (C=N–C) groups is 1. The summed E-state index contributed by atoms with van der Waals surface area (Å²) in [6.07, 6.45) is 1.29. The highest BCUT2D eigenvalue weighted by molar-refractivity contribution is 8.00. The quantitative estimate of drug-likeness (QED) is 0.265. The summed E-state index contributed by atoms with van der Waals surface area (Å²) in [7, 11) is -9.59. The van der Waals surface area contributed by atoms with E-state index in [2.05, 4.69) is 4.99 Å². The molecule has 0 unspecified atom stereocenters. The molecule has 7 nitrogen and oxygen atoms in total. The minimum atomic E-state index is -4.89. The molecule has 5 N–H and O–H groups in total. The largest absolute Gasteiger partial charge is 0.469 e. The van der Waals surface area contributed by atoms with E-state index in [1.54, 1.807) is 0 Å². The Hall–Kier alpha value is 0.130. The fourth-order valence-electron chi connectivity index (χ4n) is 0.699. The lowest BCUT2D eigenvalue weighted by atomic mass is 10.3. The zero-order valence-electron chi connectivity index (χ0n) is 7.61. The highest BCUT2D eigenvalue weighted by Gasteiger charge is 2.51. The van der Waals surface area contributed by atoms with Crippen molar-refractivity contribution >= 4 is 20.7 Å². The molecule has 0 aromatic heterocycles. The van der Waals surface area contributed by atoms with Crippen LogP contribution in [0, 0.1) is 0 Å². The maximum absolute atomic E-state index is 10.7. The maximum Gasteiger partial charge on any atom is 0.469 e. The fraction of sp³-hybridized carbons (Fsp3) is 0.800. The van der Waals surface area contributed by atoms with Crippen molar-refractivity contribution in [3.8, 4) is 0 Å². The van der Waals surface area contributed by atoms with Gasteiger partial charge in [-0.05, 0) is 6.42 Å². The predicted molar refractivity (Wildman–Crippen MR) is 52.8 cm³/mol. The summed E-state index contributed by atoms with van der Waals surface area (Å²) in [6.45, 7) is 1.88. The molecule has 0 radical (unpaired) electrons. The average Bonchev–Trinajstić information content (AvgIpc) is 1.92. The van der Waals surface area contributed by atoms with Crippen LogP contribution in [0.5, 0.6) is 0 Å². The van der Waals surface area contributed by atoms with Gasteiger partial charge in [-0.2, -0.15) is 14.7 Å². The Bertz CT molecular complexity index is 253. The van der Waals surface area contributed by atoms with E-state index in [1.807, 2.05) is 6.92 Å². The minimum Gasteiger partial charge on any atom is -0.317 e. The molecule has 0 spiro atoms. The normalized spacial score (nSPS) is 14.6. The van der Waals surface area contributed by atoms with Gasteiger partial charge in [-0.25, -0.2) is 9.56 Å². The van der Waals surface area contributed by atoms with Gasteiger partial charge in [0.15, 0.2) is 0 Å². The van der Waals surface area contributed by atoms with E-state index >= 15 is 0 Å². The molecule has 0 aromatic rings. The third-order valence-electron chi connectivity index (χ3n) is 1.29. The van der Waals surface area contributed by atoms with E-state index in [9.17, 15) is 4.57 Å². The molecule has 0 aliphatic heterocycles. The van der Waals surface area contributed by atoms with Crippen molar-refractivity contribution in [2.45, 2.75) is 19.8 Å². The van der Waals surface area contributed by atoms with Gasteiger partial charge in [-0.1, -0.05) is 13.3 Å². The van der Waals surface area contributed by atoms with Crippen molar-refractivity contribution in [2.75, 3.05) is 6.54 Å². The van der Waals surface area contributed by atoms with Crippen LogP contribution in [0.2, 0.25) is 0 Å². The first kappa shape index (κ1) is 14.1. The zero-order valence-corrected chi connectivity index (χ0v) is 9.40. The molecule has 0 bridgehead atoms. The predicted octanol–water partition coefficient (Wildman–Crippen LogP) is 0.0597. The Morgan fingerprint density at radius 3 is 2.14 bits per heavy atom. The molecule has 84 valence electrons. The molecule has 0 rings (SSSR count). The van der Waals surface area contributed by atoms with E-state index in [1.165, 1.54) is 0 Å².